The van der Waals surface area contributed by atoms with Crippen molar-refractivity contribution in [3.63, 3.8) is 0 Å². The highest BCUT2D eigenvalue weighted by molar-refractivity contribution is 7.91. The Hall–Kier alpha value is -1.36. The van der Waals surface area contributed by atoms with Crippen molar-refractivity contribution in [1.29, 1.82) is 0 Å². The molecule has 0 aromatic heterocycles. The van der Waals surface area contributed by atoms with Crippen molar-refractivity contribution >= 4 is 15.8 Å². The van der Waals surface area contributed by atoms with Crippen molar-refractivity contribution in [2.45, 2.75) is 50.3 Å². The fraction of sp³-hybridized carbons (Fsp3) is 0.562. The van der Waals surface area contributed by atoms with Crippen molar-refractivity contribution in [2.75, 3.05) is 5.75 Å². The van der Waals surface area contributed by atoms with Crippen LogP contribution >= 0.6 is 0 Å². The van der Waals surface area contributed by atoms with Gasteiger partial charge in [0.15, 0.2) is 9.84 Å². The molecule has 0 aliphatic rings. The van der Waals surface area contributed by atoms with Gasteiger partial charge in [-0.25, -0.2) is 8.42 Å². The van der Waals surface area contributed by atoms with Crippen LogP contribution in [-0.4, -0.2) is 25.2 Å². The zero-order valence-electron chi connectivity index (χ0n) is 12.5. The third-order valence-corrected chi connectivity index (χ3v) is 5.44. The molecule has 0 bridgehead atoms. The first-order valence-electron chi connectivity index (χ1n) is 7.45. The molecule has 0 fully saturated rings. The molecule has 0 spiro atoms. The van der Waals surface area contributed by atoms with Crippen LogP contribution in [0.4, 0.5) is 0 Å². The Morgan fingerprint density at radius 3 is 2.38 bits per heavy atom. The standard InChI is InChI=1S/C16H24O4S/c1-2-3-5-8-14(11-12-16(17)18)13-21(19,20)15-9-6-4-7-10-15/h4,6-7,9-10,14H,2-3,5,8,11-13H2,1H3,(H,17,18)/t14-/m1/s1. The van der Waals surface area contributed by atoms with Crippen LogP contribution in [0.1, 0.15) is 45.4 Å². The minimum absolute atomic E-state index is 0.0289. The number of hydrogen-bond acceptors (Lipinski definition) is 3. The highest BCUT2D eigenvalue weighted by Crippen LogP contribution is 2.22. The van der Waals surface area contributed by atoms with Gasteiger partial charge in [-0.05, 0) is 30.9 Å². The molecule has 1 aromatic carbocycles. The number of sulfone groups is 1. The molecule has 21 heavy (non-hydrogen) atoms. The monoisotopic (exact) mass is 312 g/mol. The van der Waals surface area contributed by atoms with Gasteiger partial charge in [-0.1, -0.05) is 44.4 Å². The predicted octanol–water partition coefficient (Wildman–Crippen LogP) is 3.52. The number of unbranched alkanes of at least 4 members (excludes halogenated alkanes) is 2. The lowest BCUT2D eigenvalue weighted by Crippen LogP contribution is -2.18. The summed E-state index contributed by atoms with van der Waals surface area (Å²) in [5.74, 6) is -0.918. The number of aliphatic carboxylic acids is 1. The zero-order chi connectivity index (χ0) is 15.7. The van der Waals surface area contributed by atoms with Crippen molar-refractivity contribution in [2.24, 2.45) is 5.92 Å². The fourth-order valence-corrected chi connectivity index (χ4v) is 4.07. The van der Waals surface area contributed by atoms with Crippen molar-refractivity contribution in [1.82, 2.24) is 0 Å². The molecule has 0 amide bonds. The zero-order valence-corrected chi connectivity index (χ0v) is 13.3. The number of rotatable bonds is 10. The first-order chi connectivity index (χ1) is 9.95. The molecule has 4 nitrogen and oxygen atoms in total. The molecule has 5 heteroatoms. The highest BCUT2D eigenvalue weighted by Gasteiger charge is 2.21. The lowest BCUT2D eigenvalue weighted by atomic mass is 9.98. The minimum Gasteiger partial charge on any atom is -0.481 e. The number of hydrogen-bond donors (Lipinski definition) is 1. The third-order valence-electron chi connectivity index (χ3n) is 3.54. The fourth-order valence-electron chi connectivity index (χ4n) is 2.36. The Morgan fingerprint density at radius 1 is 1.14 bits per heavy atom. The second-order valence-corrected chi connectivity index (χ2v) is 7.42. The van der Waals surface area contributed by atoms with Gasteiger partial charge < -0.3 is 5.11 Å². The van der Waals surface area contributed by atoms with Gasteiger partial charge in [0.2, 0.25) is 0 Å². The van der Waals surface area contributed by atoms with Gasteiger partial charge in [0.25, 0.3) is 0 Å². The van der Waals surface area contributed by atoms with Crippen LogP contribution in [-0.2, 0) is 14.6 Å². The summed E-state index contributed by atoms with van der Waals surface area (Å²) in [6.45, 7) is 2.09. The summed E-state index contributed by atoms with van der Waals surface area (Å²) in [4.78, 5) is 11.0. The lowest BCUT2D eigenvalue weighted by molar-refractivity contribution is -0.137. The Bertz CT molecular complexity index is 522. The highest BCUT2D eigenvalue weighted by atomic mass is 32.2. The van der Waals surface area contributed by atoms with Gasteiger partial charge in [-0.3, -0.25) is 4.79 Å². The molecular weight excluding hydrogens is 288 g/mol. The molecule has 1 N–H and O–H groups in total. The van der Waals surface area contributed by atoms with E-state index in [1.165, 1.54) is 0 Å². The number of benzene rings is 1. The lowest BCUT2D eigenvalue weighted by Gasteiger charge is -2.16. The largest absolute Gasteiger partial charge is 0.481 e. The molecule has 1 aromatic rings. The van der Waals surface area contributed by atoms with E-state index in [2.05, 4.69) is 6.92 Å². The summed E-state index contributed by atoms with van der Waals surface area (Å²) in [5, 5.41) is 8.80. The van der Waals surface area contributed by atoms with Crippen molar-refractivity contribution in [3.05, 3.63) is 30.3 Å². The van der Waals surface area contributed by atoms with Crippen LogP contribution < -0.4 is 0 Å². The van der Waals surface area contributed by atoms with E-state index < -0.39 is 15.8 Å². The van der Waals surface area contributed by atoms with E-state index in [9.17, 15) is 13.2 Å². The summed E-state index contributed by atoms with van der Waals surface area (Å²) >= 11 is 0. The van der Waals surface area contributed by atoms with Crippen LogP contribution in [0, 0.1) is 5.92 Å². The maximum absolute atomic E-state index is 12.4. The topological polar surface area (TPSA) is 71.4 Å². The van der Waals surface area contributed by atoms with E-state index in [4.69, 9.17) is 5.11 Å². The first kappa shape index (κ1) is 17.7. The maximum Gasteiger partial charge on any atom is 0.303 e. The molecule has 118 valence electrons. The van der Waals surface area contributed by atoms with E-state index in [1.807, 2.05) is 0 Å². The second-order valence-electron chi connectivity index (χ2n) is 5.39. The minimum atomic E-state index is -3.34. The van der Waals surface area contributed by atoms with Crippen molar-refractivity contribution < 1.29 is 18.3 Å². The summed E-state index contributed by atoms with van der Waals surface area (Å²) in [6, 6.07) is 8.37. The summed E-state index contributed by atoms with van der Waals surface area (Å²) in [7, 11) is -3.34. The van der Waals surface area contributed by atoms with E-state index >= 15 is 0 Å². The van der Waals surface area contributed by atoms with E-state index in [-0.39, 0.29) is 18.1 Å². The van der Waals surface area contributed by atoms with Crippen LogP contribution in [0.15, 0.2) is 35.2 Å². The first-order valence-corrected chi connectivity index (χ1v) is 9.10. The molecule has 0 aliphatic carbocycles. The Morgan fingerprint density at radius 2 is 1.81 bits per heavy atom. The molecule has 0 radical (unpaired) electrons. The molecule has 0 saturated carbocycles. The molecule has 1 rings (SSSR count). The Balaban J connectivity index is 2.71. The molecule has 0 unspecified atom stereocenters. The summed E-state index contributed by atoms with van der Waals surface area (Å²) in [5.41, 5.74) is 0. The van der Waals surface area contributed by atoms with Gasteiger partial charge in [0.1, 0.15) is 0 Å². The quantitative estimate of drug-likeness (QED) is 0.671. The number of carboxylic acid groups (broad SMARTS) is 1. The predicted molar refractivity (Wildman–Crippen MR) is 83.0 cm³/mol. The molecule has 0 aliphatic heterocycles. The molecule has 0 saturated heterocycles. The van der Waals surface area contributed by atoms with E-state index in [0.29, 0.717) is 11.3 Å². The van der Waals surface area contributed by atoms with Gasteiger partial charge in [-0.15, -0.1) is 0 Å². The van der Waals surface area contributed by atoms with Crippen molar-refractivity contribution in [3.8, 4) is 0 Å². The summed E-state index contributed by atoms with van der Waals surface area (Å²) in [6.07, 6.45) is 4.29. The second kappa shape index (κ2) is 8.82. The van der Waals surface area contributed by atoms with Crippen LogP contribution in [0.5, 0.6) is 0 Å². The van der Waals surface area contributed by atoms with Crippen LogP contribution in [0.25, 0.3) is 0 Å². The van der Waals surface area contributed by atoms with Gasteiger partial charge >= 0.3 is 5.97 Å². The normalized spacial score (nSPS) is 13.0. The van der Waals surface area contributed by atoms with Gasteiger partial charge in [0, 0.05) is 6.42 Å². The average molecular weight is 312 g/mol. The van der Waals surface area contributed by atoms with E-state index in [0.717, 1.165) is 25.7 Å². The number of carbonyl (C=O) groups is 1. The van der Waals surface area contributed by atoms with Crippen LogP contribution in [0.2, 0.25) is 0 Å². The van der Waals surface area contributed by atoms with Gasteiger partial charge in [-0.2, -0.15) is 0 Å². The number of carboxylic acids is 1. The summed E-state index contributed by atoms with van der Waals surface area (Å²) < 4.78 is 24.7. The van der Waals surface area contributed by atoms with E-state index in [1.54, 1.807) is 30.3 Å². The van der Waals surface area contributed by atoms with Crippen LogP contribution in [0.3, 0.4) is 0 Å². The molecular formula is C16H24O4S. The molecule has 1 atom stereocenters. The smallest absolute Gasteiger partial charge is 0.303 e. The Kier molecular flexibility index (Phi) is 7.43. The van der Waals surface area contributed by atoms with Gasteiger partial charge in [0.05, 0.1) is 10.6 Å². The molecule has 0 heterocycles. The average Bonchev–Trinajstić information content (AvgIpc) is 2.45. The SMILES string of the molecule is CCCCC[C@H](CCC(=O)O)CS(=O)(=O)c1ccccc1. The third kappa shape index (κ3) is 6.76. The Labute approximate surface area is 127 Å². The maximum atomic E-state index is 12.4.